The summed E-state index contributed by atoms with van der Waals surface area (Å²) >= 11 is 0. The standard InChI is InChI=1S/C53H65N11O11/c1-34-6-5-18-75-52-39(29-54-60(52)3)43-28-37(26-35(2)55-43)49(68)59-53-57-42-10-9-36(27-45(42)64(53)30-34)31-61-14-16-62(17-15-61)48(67)13-19-71-20-21-72-22-23-73-24-25-74-33-47(66)56-41-8-4-7-38-40(41)32-63(51(38)70)44-11-12-46(65)58-50(44)69/h4,7-10,26-29,34,44H,5-6,11-25,30-33H2,1-3H3,(H,56,66)(H,57,59,68)(H,58,65,69)/t34-,44?/m1/s1. The fraction of sp³-hybridized carbons (Fsp3) is 0.491. The maximum Gasteiger partial charge on any atom is 0.280 e. The van der Waals surface area contributed by atoms with Gasteiger partial charge in [0.2, 0.25) is 35.5 Å². The van der Waals surface area contributed by atoms with E-state index in [4.69, 9.17) is 28.7 Å². The van der Waals surface area contributed by atoms with Crippen molar-refractivity contribution in [3.8, 4) is 17.1 Å². The minimum absolute atomic E-state index is 0.0599. The summed E-state index contributed by atoms with van der Waals surface area (Å²) in [6, 6.07) is 14.1. The number of imide groups is 1. The number of aliphatic imine (C=N–C) groups is 1. The number of rotatable bonds is 18. The summed E-state index contributed by atoms with van der Waals surface area (Å²) in [5.41, 5.74) is 6.95. The fourth-order valence-electron chi connectivity index (χ4n) is 9.89. The number of aryl methyl sites for hydroxylation is 2. The van der Waals surface area contributed by atoms with Crippen LogP contribution in [0.5, 0.6) is 5.88 Å². The maximum atomic E-state index is 13.8. The van der Waals surface area contributed by atoms with Gasteiger partial charge in [-0.15, -0.1) is 0 Å². The third-order valence-electron chi connectivity index (χ3n) is 13.8. The van der Waals surface area contributed by atoms with Gasteiger partial charge in [-0.05, 0) is 74.1 Å². The van der Waals surface area contributed by atoms with E-state index < -0.39 is 17.9 Å². The number of hydrogen-bond acceptors (Lipinski definition) is 16. The zero-order valence-corrected chi connectivity index (χ0v) is 42.8. The highest BCUT2D eigenvalue weighted by Crippen LogP contribution is 2.37. The van der Waals surface area contributed by atoms with Crippen molar-refractivity contribution in [2.45, 2.75) is 65.1 Å². The average Bonchev–Trinajstić information content (AvgIpc) is 4.07. The molecule has 22 nitrogen and oxygen atoms in total. The molecule has 2 saturated heterocycles. The molecular formula is C53H65N11O11. The van der Waals surface area contributed by atoms with Crippen molar-refractivity contribution >= 4 is 58.5 Å². The van der Waals surface area contributed by atoms with Crippen LogP contribution in [0, 0.1) is 12.8 Å². The van der Waals surface area contributed by atoms with Gasteiger partial charge in [-0.2, -0.15) is 10.1 Å². The molecule has 0 saturated carbocycles. The minimum atomic E-state index is -0.746. The Labute approximate surface area is 435 Å². The number of ether oxygens (including phenoxy) is 5. The number of fused-ring (bicyclic) bond motifs is 8. The van der Waals surface area contributed by atoms with Gasteiger partial charge in [0.1, 0.15) is 12.6 Å². The second-order valence-electron chi connectivity index (χ2n) is 19.4. The number of hydrogen-bond donors (Lipinski definition) is 3. The Balaban J connectivity index is 0.635. The van der Waals surface area contributed by atoms with E-state index in [1.165, 1.54) is 4.90 Å². The molecule has 0 aliphatic carbocycles. The predicted octanol–water partition coefficient (Wildman–Crippen LogP) is 3.53. The van der Waals surface area contributed by atoms with Crippen LogP contribution in [0.25, 0.3) is 11.3 Å². The van der Waals surface area contributed by atoms with Gasteiger partial charge in [0, 0.05) is 87.4 Å². The maximum absolute atomic E-state index is 13.8. The first kappa shape index (κ1) is 52.7. The van der Waals surface area contributed by atoms with Gasteiger partial charge < -0.3 is 49.0 Å². The van der Waals surface area contributed by atoms with Crippen LogP contribution in [0.1, 0.15) is 76.6 Å². The number of pyridine rings is 1. The number of nitrogens with one attached hydrogen (secondary N) is 3. The highest BCUT2D eigenvalue weighted by Gasteiger charge is 2.40. The molecule has 2 fully saturated rings. The topological polar surface area (TPSA) is 241 Å². The lowest BCUT2D eigenvalue weighted by Crippen LogP contribution is -2.52. The van der Waals surface area contributed by atoms with Crippen LogP contribution < -0.4 is 25.6 Å². The van der Waals surface area contributed by atoms with E-state index in [0.29, 0.717) is 105 Å². The Hall–Kier alpha value is -7.11. The lowest BCUT2D eigenvalue weighted by atomic mass is 10.0. The van der Waals surface area contributed by atoms with Crippen LogP contribution >= 0.6 is 0 Å². The molecule has 3 N–H and O–H groups in total. The summed E-state index contributed by atoms with van der Waals surface area (Å²) in [7, 11) is 1.84. The molecule has 4 aromatic rings. The number of nitrogens with zero attached hydrogens (tertiary/aromatic N) is 8. The third kappa shape index (κ3) is 13.1. The molecule has 7 heterocycles. The van der Waals surface area contributed by atoms with E-state index in [9.17, 15) is 28.8 Å². The molecular weight excluding hydrogens is 967 g/mol. The van der Waals surface area contributed by atoms with E-state index in [0.717, 1.165) is 55.0 Å². The van der Waals surface area contributed by atoms with Gasteiger partial charge >= 0.3 is 0 Å². The highest BCUT2D eigenvalue weighted by molar-refractivity contribution is 6.19. The quantitative estimate of drug-likeness (QED) is 0.0954. The van der Waals surface area contributed by atoms with Crippen molar-refractivity contribution in [3.05, 3.63) is 82.7 Å². The predicted molar refractivity (Wildman–Crippen MR) is 275 cm³/mol. The fourth-order valence-corrected chi connectivity index (χ4v) is 9.89. The smallest absolute Gasteiger partial charge is 0.280 e. The van der Waals surface area contributed by atoms with Crippen LogP contribution in [0.4, 0.5) is 17.1 Å². The first-order valence-corrected chi connectivity index (χ1v) is 25.7. The molecule has 75 heavy (non-hydrogen) atoms. The number of benzene rings is 2. The minimum Gasteiger partial charge on any atom is -0.477 e. The van der Waals surface area contributed by atoms with E-state index >= 15 is 0 Å². The monoisotopic (exact) mass is 1030 g/mol. The Morgan fingerprint density at radius 1 is 0.867 bits per heavy atom. The molecule has 2 atom stereocenters. The van der Waals surface area contributed by atoms with E-state index in [2.05, 4.69) is 61.0 Å². The van der Waals surface area contributed by atoms with Crippen molar-refractivity contribution in [1.82, 2.24) is 34.8 Å². The number of guanidine groups is 1. The number of carbonyl (C=O) groups excluding carboxylic acids is 6. The van der Waals surface area contributed by atoms with Gasteiger partial charge in [0.05, 0.1) is 88.1 Å². The molecule has 1 unspecified atom stereocenters. The first-order chi connectivity index (χ1) is 36.4. The molecule has 2 aromatic carbocycles. The van der Waals surface area contributed by atoms with Crippen molar-refractivity contribution < 1.29 is 52.5 Å². The van der Waals surface area contributed by atoms with Gasteiger partial charge in [0.25, 0.3) is 11.8 Å². The summed E-state index contributed by atoms with van der Waals surface area (Å²) in [5.74, 6) is -0.494. The first-order valence-electron chi connectivity index (χ1n) is 25.7. The zero-order valence-electron chi connectivity index (χ0n) is 42.8. The Morgan fingerprint density at radius 2 is 1.63 bits per heavy atom. The number of piperazine rings is 1. The molecule has 9 rings (SSSR count). The SMILES string of the molecule is Cc1cc2cc(n1)-c1cnn(C)c1OCCC[C@@H](C)CN1/C(=N/C2=O)Nc2ccc(CN3CCN(C(=O)CCOCCOCCOCCOCC(=O)Nc4cccc5c4CN(C4CCC(=O)NC4=O)C5=O)CC3)cc21. The molecule has 2 aromatic heterocycles. The zero-order chi connectivity index (χ0) is 52.4. The second-order valence-corrected chi connectivity index (χ2v) is 19.4. The molecule has 22 heteroatoms. The average molecular weight is 1030 g/mol. The van der Waals surface area contributed by atoms with Crippen LogP contribution in [-0.2, 0) is 58.3 Å². The van der Waals surface area contributed by atoms with Crippen molar-refractivity contribution in [1.29, 1.82) is 0 Å². The Kier molecular flexibility index (Phi) is 17.2. The van der Waals surface area contributed by atoms with Gasteiger partial charge in [-0.3, -0.25) is 44.0 Å². The molecule has 5 aliphatic heterocycles. The van der Waals surface area contributed by atoms with Crippen LogP contribution in [0.2, 0.25) is 0 Å². The largest absolute Gasteiger partial charge is 0.477 e. The van der Waals surface area contributed by atoms with Crippen molar-refractivity contribution in [2.75, 3.05) is 108 Å². The van der Waals surface area contributed by atoms with E-state index in [1.807, 2.05) is 18.9 Å². The molecule has 2 bridgehead atoms. The summed E-state index contributed by atoms with van der Waals surface area (Å²) in [5, 5.41) is 12.9. The van der Waals surface area contributed by atoms with Crippen LogP contribution in [-0.4, -0.2) is 169 Å². The molecule has 5 aliphatic rings. The van der Waals surface area contributed by atoms with Crippen molar-refractivity contribution in [2.24, 2.45) is 18.0 Å². The summed E-state index contributed by atoms with van der Waals surface area (Å²) in [6.07, 6.45) is 4.16. The molecule has 0 spiro atoms. The normalized spacial score (nSPS) is 19.7. The number of aromatic nitrogens is 3. The molecule has 0 radical (unpaired) electrons. The number of anilines is 3. The number of carbonyl (C=O) groups is 6. The van der Waals surface area contributed by atoms with Crippen molar-refractivity contribution in [3.63, 3.8) is 0 Å². The number of amides is 6. The van der Waals surface area contributed by atoms with Gasteiger partial charge in [0.15, 0.2) is 0 Å². The summed E-state index contributed by atoms with van der Waals surface area (Å²) in [6.45, 7) is 10.7. The molecule has 398 valence electrons. The van der Waals surface area contributed by atoms with Gasteiger partial charge in [-0.25, -0.2) is 4.68 Å². The highest BCUT2D eigenvalue weighted by atomic mass is 16.6. The summed E-state index contributed by atoms with van der Waals surface area (Å²) in [4.78, 5) is 93.7. The van der Waals surface area contributed by atoms with Crippen LogP contribution in [0.15, 0.2) is 59.7 Å². The Bertz CT molecular complexity index is 2810. The van der Waals surface area contributed by atoms with Gasteiger partial charge in [-0.1, -0.05) is 19.1 Å². The second kappa shape index (κ2) is 24.5. The Morgan fingerprint density at radius 3 is 2.40 bits per heavy atom. The summed E-state index contributed by atoms with van der Waals surface area (Å²) < 4.78 is 30.2. The molecule has 6 amide bonds. The number of piperidine rings is 1. The van der Waals surface area contributed by atoms with E-state index in [1.54, 1.807) is 41.2 Å². The lowest BCUT2D eigenvalue weighted by molar-refractivity contribution is -0.137. The lowest BCUT2D eigenvalue weighted by Gasteiger charge is -2.35. The van der Waals surface area contributed by atoms with Crippen LogP contribution in [0.3, 0.4) is 0 Å². The van der Waals surface area contributed by atoms with E-state index in [-0.39, 0.29) is 75.2 Å². The third-order valence-corrected chi connectivity index (χ3v) is 13.8.